The number of esters is 1. The number of aliphatic imine (C=N–C) groups is 1. The van der Waals surface area contributed by atoms with E-state index in [-0.39, 0.29) is 29.5 Å². The summed E-state index contributed by atoms with van der Waals surface area (Å²) in [6.45, 7) is 0.174. The zero-order chi connectivity index (χ0) is 24.2. The monoisotopic (exact) mass is 574 g/mol. The number of carbonyl (C=O) groups is 1. The number of ether oxygens (including phenoxy) is 3. The molecule has 0 aliphatic carbocycles. The minimum Gasteiger partial charge on any atom is -0.493 e. The van der Waals surface area contributed by atoms with Crippen LogP contribution in [0.15, 0.2) is 71.4 Å². The fourth-order valence-corrected chi connectivity index (χ4v) is 3.93. The lowest BCUT2D eigenvalue weighted by atomic mass is 10.1. The summed E-state index contributed by atoms with van der Waals surface area (Å²) in [7, 11) is 1.49. The van der Waals surface area contributed by atoms with Crippen LogP contribution in [0.25, 0.3) is 6.08 Å². The normalized spacial score (nSPS) is 14.0. The number of benzene rings is 3. The summed E-state index contributed by atoms with van der Waals surface area (Å²) in [5.74, 6) is -0.427. The third-order valence-electron chi connectivity index (χ3n) is 4.81. The third kappa shape index (κ3) is 5.06. The van der Waals surface area contributed by atoms with Crippen molar-refractivity contribution in [2.24, 2.45) is 4.99 Å². The number of nitrogens with zero attached hydrogens (tertiary/aromatic N) is 2. The van der Waals surface area contributed by atoms with Crippen LogP contribution in [0.1, 0.15) is 16.7 Å². The van der Waals surface area contributed by atoms with Gasteiger partial charge in [-0.15, -0.1) is 0 Å². The van der Waals surface area contributed by atoms with Crippen molar-refractivity contribution in [3.8, 4) is 11.5 Å². The summed E-state index contributed by atoms with van der Waals surface area (Å²) in [5, 5.41) is 10.8. The average Bonchev–Trinajstić information content (AvgIpc) is 3.18. The number of hydrogen-bond donors (Lipinski definition) is 0. The van der Waals surface area contributed by atoms with Crippen LogP contribution >= 0.6 is 22.6 Å². The number of rotatable bonds is 7. The number of carbonyl (C=O) groups excluding carboxylic acids is 1. The van der Waals surface area contributed by atoms with E-state index in [1.165, 1.54) is 43.5 Å². The first-order chi connectivity index (χ1) is 16.4. The summed E-state index contributed by atoms with van der Waals surface area (Å²) in [4.78, 5) is 26.8. The average molecular weight is 574 g/mol. The summed E-state index contributed by atoms with van der Waals surface area (Å²) in [6.07, 6.45) is 1.51. The summed E-state index contributed by atoms with van der Waals surface area (Å²) >= 11 is 2.08. The van der Waals surface area contributed by atoms with Gasteiger partial charge in [-0.3, -0.25) is 10.1 Å². The van der Waals surface area contributed by atoms with Crippen molar-refractivity contribution >= 4 is 46.2 Å². The lowest BCUT2D eigenvalue weighted by Gasteiger charge is -2.13. The maximum Gasteiger partial charge on any atom is 0.363 e. The topological polar surface area (TPSA) is 100 Å². The highest BCUT2D eigenvalue weighted by atomic mass is 127. The summed E-state index contributed by atoms with van der Waals surface area (Å²) in [5.41, 5.74) is 1.48. The summed E-state index contributed by atoms with van der Waals surface area (Å²) < 4.78 is 31.2. The maximum absolute atomic E-state index is 14.0. The molecule has 3 aromatic carbocycles. The minimum absolute atomic E-state index is 0.000407. The fourth-order valence-electron chi connectivity index (χ4n) is 3.15. The van der Waals surface area contributed by atoms with Crippen LogP contribution in [-0.2, 0) is 16.1 Å². The molecule has 0 spiro atoms. The van der Waals surface area contributed by atoms with Gasteiger partial charge in [-0.1, -0.05) is 12.1 Å². The van der Waals surface area contributed by atoms with Crippen LogP contribution in [0.4, 0.5) is 10.1 Å². The molecular formula is C24H16FIN2O6. The Morgan fingerprint density at radius 2 is 1.91 bits per heavy atom. The van der Waals surface area contributed by atoms with Crippen LogP contribution in [0.3, 0.4) is 0 Å². The van der Waals surface area contributed by atoms with E-state index >= 15 is 0 Å². The molecule has 0 saturated heterocycles. The minimum atomic E-state index is -0.689. The van der Waals surface area contributed by atoms with Gasteiger partial charge in [0, 0.05) is 12.1 Å². The van der Waals surface area contributed by atoms with Gasteiger partial charge in [-0.05, 0) is 76.2 Å². The van der Waals surface area contributed by atoms with Gasteiger partial charge in [0.25, 0.3) is 5.69 Å². The van der Waals surface area contributed by atoms with E-state index in [0.29, 0.717) is 20.6 Å². The Hall–Kier alpha value is -3.80. The number of methoxy groups -OCH3 is 1. The number of hydrogen-bond acceptors (Lipinski definition) is 7. The molecule has 0 saturated carbocycles. The second kappa shape index (κ2) is 10.00. The highest BCUT2D eigenvalue weighted by Crippen LogP contribution is 2.35. The van der Waals surface area contributed by atoms with Crippen LogP contribution in [-0.4, -0.2) is 23.9 Å². The molecule has 0 unspecified atom stereocenters. The van der Waals surface area contributed by atoms with Crippen LogP contribution in [0, 0.1) is 19.5 Å². The number of nitro groups is 1. The van der Waals surface area contributed by atoms with Gasteiger partial charge >= 0.3 is 5.97 Å². The Balaban J connectivity index is 1.57. The van der Waals surface area contributed by atoms with Gasteiger partial charge in [0.2, 0.25) is 5.90 Å². The van der Waals surface area contributed by atoms with E-state index in [2.05, 4.69) is 27.6 Å². The molecule has 3 aromatic rings. The van der Waals surface area contributed by atoms with Gasteiger partial charge in [-0.2, -0.15) is 0 Å². The van der Waals surface area contributed by atoms with E-state index < -0.39 is 16.7 Å². The van der Waals surface area contributed by atoms with Crippen molar-refractivity contribution in [1.29, 1.82) is 0 Å². The molecule has 0 aromatic heterocycles. The maximum atomic E-state index is 14.0. The molecule has 172 valence electrons. The first-order valence-electron chi connectivity index (χ1n) is 9.87. The standard InChI is InChI=1S/C24H16FIN2O6/c1-32-21-12-15(11-20-24(29)34-23(27-20)17-4-2-3-5-18(17)25)10-19(26)22(21)33-13-14-6-8-16(9-7-14)28(30)31/h2-12H,13H2,1H3/b20-11-. The van der Waals surface area contributed by atoms with E-state index in [9.17, 15) is 19.3 Å². The quantitative estimate of drug-likeness (QED) is 0.125. The molecule has 0 atom stereocenters. The summed E-state index contributed by atoms with van der Waals surface area (Å²) in [6, 6.07) is 15.4. The van der Waals surface area contributed by atoms with Crippen LogP contribution < -0.4 is 9.47 Å². The predicted molar refractivity (Wildman–Crippen MR) is 130 cm³/mol. The van der Waals surface area contributed by atoms with E-state index in [0.717, 1.165) is 5.56 Å². The Kier molecular flexibility index (Phi) is 6.87. The smallest absolute Gasteiger partial charge is 0.363 e. The molecule has 10 heteroatoms. The van der Waals surface area contributed by atoms with Crippen LogP contribution in [0.2, 0.25) is 0 Å². The zero-order valence-electron chi connectivity index (χ0n) is 17.7. The molecule has 4 rings (SSSR count). The number of non-ortho nitro benzene ring substituents is 1. The van der Waals surface area contributed by atoms with Gasteiger partial charge in [-0.25, -0.2) is 14.2 Å². The SMILES string of the molecule is COc1cc(/C=C2\N=C(c3ccccc3F)OC2=O)cc(I)c1OCc1ccc([N+](=O)[O-])cc1. The molecule has 1 aliphatic heterocycles. The molecular weight excluding hydrogens is 558 g/mol. The first-order valence-corrected chi connectivity index (χ1v) is 10.9. The lowest BCUT2D eigenvalue weighted by Crippen LogP contribution is -2.07. The first kappa shape index (κ1) is 23.4. The molecule has 1 heterocycles. The molecule has 1 aliphatic rings. The molecule has 34 heavy (non-hydrogen) atoms. The van der Waals surface area contributed by atoms with Gasteiger partial charge in [0.1, 0.15) is 12.4 Å². The van der Waals surface area contributed by atoms with E-state index in [4.69, 9.17) is 14.2 Å². The van der Waals surface area contributed by atoms with Crippen molar-refractivity contribution < 1.29 is 28.3 Å². The number of nitro benzene ring substituents is 1. The second-order valence-corrected chi connectivity index (χ2v) is 8.22. The molecule has 0 amide bonds. The van der Waals surface area contributed by atoms with E-state index in [1.807, 2.05) is 0 Å². The van der Waals surface area contributed by atoms with Gasteiger partial charge in [0.15, 0.2) is 17.2 Å². The highest BCUT2D eigenvalue weighted by molar-refractivity contribution is 14.1. The van der Waals surface area contributed by atoms with Gasteiger partial charge in [0.05, 0.1) is 21.2 Å². The van der Waals surface area contributed by atoms with Gasteiger partial charge < -0.3 is 14.2 Å². The Morgan fingerprint density at radius 3 is 2.59 bits per heavy atom. The second-order valence-electron chi connectivity index (χ2n) is 7.06. The molecule has 0 bridgehead atoms. The third-order valence-corrected chi connectivity index (χ3v) is 5.61. The van der Waals surface area contributed by atoms with Crippen molar-refractivity contribution in [1.82, 2.24) is 0 Å². The number of cyclic esters (lactones) is 1. The number of halogens is 2. The molecule has 0 fully saturated rings. The molecule has 0 N–H and O–H groups in total. The largest absolute Gasteiger partial charge is 0.493 e. The zero-order valence-corrected chi connectivity index (χ0v) is 19.8. The molecule has 0 radical (unpaired) electrons. The fraction of sp³-hybridized carbons (Fsp3) is 0.0833. The Morgan fingerprint density at radius 1 is 1.18 bits per heavy atom. The van der Waals surface area contributed by atoms with Crippen molar-refractivity contribution in [3.05, 3.63) is 103 Å². The highest BCUT2D eigenvalue weighted by Gasteiger charge is 2.26. The Labute approximate surface area is 207 Å². The van der Waals surface area contributed by atoms with E-state index in [1.54, 1.807) is 30.3 Å². The lowest BCUT2D eigenvalue weighted by molar-refractivity contribution is -0.384. The molecule has 8 nitrogen and oxygen atoms in total. The van der Waals surface area contributed by atoms with Crippen molar-refractivity contribution in [3.63, 3.8) is 0 Å². The van der Waals surface area contributed by atoms with Crippen molar-refractivity contribution in [2.75, 3.05) is 7.11 Å². The Bertz CT molecular complexity index is 1340. The predicted octanol–water partition coefficient (Wildman–Crippen LogP) is 5.27. The van der Waals surface area contributed by atoms with Crippen molar-refractivity contribution in [2.45, 2.75) is 6.61 Å². The van der Waals surface area contributed by atoms with Crippen LogP contribution in [0.5, 0.6) is 11.5 Å².